The van der Waals surface area contributed by atoms with E-state index >= 15 is 0 Å². The molecule has 0 aromatic rings. The summed E-state index contributed by atoms with van der Waals surface area (Å²) in [5, 5.41) is 5.40. The van der Waals surface area contributed by atoms with Gasteiger partial charge in [0.2, 0.25) is 5.91 Å². The molecule has 2 amide bonds. The first-order valence-corrected chi connectivity index (χ1v) is 6.96. The van der Waals surface area contributed by atoms with E-state index in [1.54, 1.807) is 20.8 Å². The number of ether oxygens (including phenoxy) is 2. The third-order valence-corrected chi connectivity index (χ3v) is 3.90. The summed E-state index contributed by atoms with van der Waals surface area (Å²) < 4.78 is 9.68. The maximum atomic E-state index is 12.0. The molecule has 0 radical (unpaired) electrons. The van der Waals surface area contributed by atoms with Gasteiger partial charge in [0.1, 0.15) is 12.1 Å². The van der Waals surface area contributed by atoms with Gasteiger partial charge in [-0.1, -0.05) is 0 Å². The molecule has 2 N–H and O–H groups in total. The Morgan fingerprint density at radius 1 is 1.14 bits per heavy atom. The SMILES string of the molecule is COC(=O)CNC(=O)C12CC(NC(=O)OC(C)(C)C)(C1)C2. The van der Waals surface area contributed by atoms with Crippen molar-refractivity contribution < 1.29 is 23.9 Å². The Balaban J connectivity index is 1.76. The zero-order valence-corrected chi connectivity index (χ0v) is 12.9. The molecule has 3 saturated carbocycles. The summed E-state index contributed by atoms with van der Waals surface area (Å²) in [6.07, 6.45) is 1.32. The molecule has 3 fully saturated rings. The molecule has 3 aliphatic carbocycles. The fraction of sp³-hybridized carbons (Fsp3) is 0.786. The molecule has 0 unspecified atom stereocenters. The first kappa shape index (κ1) is 15.6. The van der Waals surface area contributed by atoms with Gasteiger partial charge in [0.25, 0.3) is 0 Å². The summed E-state index contributed by atoms with van der Waals surface area (Å²) in [4.78, 5) is 34.7. The van der Waals surface area contributed by atoms with Gasteiger partial charge >= 0.3 is 12.1 Å². The highest BCUT2D eigenvalue weighted by atomic mass is 16.6. The van der Waals surface area contributed by atoms with Gasteiger partial charge in [-0.15, -0.1) is 0 Å². The van der Waals surface area contributed by atoms with Crippen molar-refractivity contribution in [3.8, 4) is 0 Å². The van der Waals surface area contributed by atoms with Gasteiger partial charge in [-0.25, -0.2) is 4.79 Å². The highest BCUT2D eigenvalue weighted by molar-refractivity contribution is 5.90. The van der Waals surface area contributed by atoms with Crippen LogP contribution < -0.4 is 10.6 Å². The summed E-state index contributed by atoms with van der Waals surface area (Å²) in [7, 11) is 1.27. The molecule has 0 aromatic heterocycles. The van der Waals surface area contributed by atoms with E-state index in [1.807, 2.05) is 0 Å². The molecule has 3 aliphatic rings. The second-order valence-corrected chi connectivity index (χ2v) is 6.98. The van der Waals surface area contributed by atoms with Crippen molar-refractivity contribution in [2.45, 2.75) is 51.2 Å². The molecule has 0 heterocycles. The van der Waals surface area contributed by atoms with E-state index < -0.39 is 23.1 Å². The minimum Gasteiger partial charge on any atom is -0.468 e. The van der Waals surface area contributed by atoms with Crippen molar-refractivity contribution in [3.05, 3.63) is 0 Å². The van der Waals surface area contributed by atoms with E-state index in [1.165, 1.54) is 7.11 Å². The molecule has 7 nitrogen and oxygen atoms in total. The van der Waals surface area contributed by atoms with Crippen molar-refractivity contribution in [3.63, 3.8) is 0 Å². The average Bonchev–Trinajstić information content (AvgIpc) is 2.25. The second-order valence-electron chi connectivity index (χ2n) is 6.98. The molecule has 0 aromatic carbocycles. The van der Waals surface area contributed by atoms with Crippen molar-refractivity contribution in [2.75, 3.05) is 13.7 Å². The van der Waals surface area contributed by atoms with Crippen LogP contribution in [-0.2, 0) is 19.1 Å². The molecule has 3 rings (SSSR count). The monoisotopic (exact) mass is 298 g/mol. The lowest BCUT2D eigenvalue weighted by molar-refractivity contribution is -0.180. The summed E-state index contributed by atoms with van der Waals surface area (Å²) in [5.41, 5.74) is -1.29. The van der Waals surface area contributed by atoms with Crippen LogP contribution in [-0.4, -0.2) is 42.8 Å². The number of carbonyl (C=O) groups is 3. The van der Waals surface area contributed by atoms with Gasteiger partial charge in [0, 0.05) is 5.54 Å². The number of amides is 2. The van der Waals surface area contributed by atoms with Crippen LogP contribution in [0.4, 0.5) is 4.79 Å². The minimum atomic E-state index is -0.538. The van der Waals surface area contributed by atoms with E-state index in [0.717, 1.165) is 0 Å². The van der Waals surface area contributed by atoms with Gasteiger partial charge in [-0.3, -0.25) is 9.59 Å². The standard InChI is InChI=1S/C14H22N2O5/c1-12(2,3)21-11(19)16-14-6-13(7-14,8-14)10(18)15-5-9(17)20-4/h5-8H2,1-4H3,(H,15,18)(H,16,19). The van der Waals surface area contributed by atoms with E-state index in [2.05, 4.69) is 15.4 Å². The van der Waals surface area contributed by atoms with Gasteiger partial charge < -0.3 is 20.1 Å². The third-order valence-electron chi connectivity index (χ3n) is 3.90. The van der Waals surface area contributed by atoms with Crippen LogP contribution in [0.15, 0.2) is 0 Å². The van der Waals surface area contributed by atoms with Crippen molar-refractivity contribution in [1.29, 1.82) is 0 Å². The average molecular weight is 298 g/mol. The Bertz CT molecular complexity index is 460. The van der Waals surface area contributed by atoms with Crippen molar-refractivity contribution in [2.24, 2.45) is 5.41 Å². The second kappa shape index (κ2) is 4.89. The van der Waals surface area contributed by atoms with E-state index in [0.29, 0.717) is 19.3 Å². The number of methoxy groups -OCH3 is 1. The molecule has 2 bridgehead atoms. The summed E-state index contributed by atoms with van der Waals surface area (Å²) in [6.45, 7) is 5.28. The van der Waals surface area contributed by atoms with Crippen LogP contribution in [0.25, 0.3) is 0 Å². The van der Waals surface area contributed by atoms with E-state index in [-0.39, 0.29) is 18.0 Å². The quantitative estimate of drug-likeness (QED) is 0.746. The van der Waals surface area contributed by atoms with E-state index in [4.69, 9.17) is 4.74 Å². The highest BCUT2D eigenvalue weighted by Crippen LogP contribution is 2.67. The maximum Gasteiger partial charge on any atom is 0.408 e. The van der Waals surface area contributed by atoms with Gasteiger partial charge in [-0.05, 0) is 40.0 Å². The lowest BCUT2D eigenvalue weighted by Crippen LogP contribution is -2.78. The molecule has 118 valence electrons. The Morgan fingerprint density at radius 2 is 1.71 bits per heavy atom. The molecular formula is C14H22N2O5. The van der Waals surface area contributed by atoms with Crippen LogP contribution >= 0.6 is 0 Å². The summed E-state index contributed by atoms with van der Waals surface area (Å²) in [5.74, 6) is -0.627. The van der Waals surface area contributed by atoms with Crippen LogP contribution in [0.3, 0.4) is 0 Å². The molecule has 7 heteroatoms. The normalized spacial score (nSPS) is 29.5. The highest BCUT2D eigenvalue weighted by Gasteiger charge is 2.72. The molecule has 0 spiro atoms. The molecular weight excluding hydrogens is 276 g/mol. The number of hydrogen-bond acceptors (Lipinski definition) is 5. The van der Waals surface area contributed by atoms with Crippen molar-refractivity contribution >= 4 is 18.0 Å². The first-order valence-electron chi connectivity index (χ1n) is 6.96. The molecule has 21 heavy (non-hydrogen) atoms. The largest absolute Gasteiger partial charge is 0.468 e. The van der Waals surface area contributed by atoms with Gasteiger partial charge in [0.05, 0.1) is 12.5 Å². The number of rotatable bonds is 4. The lowest BCUT2D eigenvalue weighted by Gasteiger charge is -2.68. The number of nitrogens with one attached hydrogen (secondary N) is 2. The predicted molar refractivity (Wildman–Crippen MR) is 73.4 cm³/mol. The molecule has 0 saturated heterocycles. The maximum absolute atomic E-state index is 12.0. The number of esters is 1. The zero-order valence-electron chi connectivity index (χ0n) is 12.9. The molecule has 0 aliphatic heterocycles. The number of hydrogen-bond donors (Lipinski definition) is 2. The summed E-state index contributed by atoms with van der Waals surface area (Å²) >= 11 is 0. The van der Waals surface area contributed by atoms with Crippen molar-refractivity contribution in [1.82, 2.24) is 10.6 Å². The third kappa shape index (κ3) is 3.11. The minimum absolute atomic E-state index is 0.121. The lowest BCUT2D eigenvalue weighted by atomic mass is 9.39. The van der Waals surface area contributed by atoms with Gasteiger partial charge in [-0.2, -0.15) is 0 Å². The first-order chi connectivity index (χ1) is 9.60. The van der Waals surface area contributed by atoms with Crippen LogP contribution in [0.2, 0.25) is 0 Å². The topological polar surface area (TPSA) is 93.7 Å². The van der Waals surface area contributed by atoms with Gasteiger partial charge in [0.15, 0.2) is 0 Å². The van der Waals surface area contributed by atoms with Crippen LogP contribution in [0.5, 0.6) is 0 Å². The van der Waals surface area contributed by atoms with Crippen LogP contribution in [0.1, 0.15) is 40.0 Å². The predicted octanol–water partition coefficient (Wildman–Crippen LogP) is 0.723. The fourth-order valence-electron chi connectivity index (χ4n) is 3.09. The van der Waals surface area contributed by atoms with E-state index in [9.17, 15) is 14.4 Å². The Labute approximate surface area is 123 Å². The van der Waals surface area contributed by atoms with Crippen LogP contribution in [0, 0.1) is 5.41 Å². The summed E-state index contributed by atoms with van der Waals surface area (Å²) in [6, 6.07) is 0. The zero-order chi connectivity index (χ0) is 15.9. The smallest absolute Gasteiger partial charge is 0.408 e. The Morgan fingerprint density at radius 3 is 2.19 bits per heavy atom. The Hall–Kier alpha value is -1.79. The fourth-order valence-corrected chi connectivity index (χ4v) is 3.09. The molecule has 0 atom stereocenters. The Kier molecular flexibility index (Phi) is 3.63. The number of alkyl carbamates (subject to hydrolysis) is 1. The number of carbonyl (C=O) groups excluding carboxylic acids is 3.